The molecule has 1 aliphatic heterocycles. The highest BCUT2D eigenvalue weighted by molar-refractivity contribution is 7.08. The van der Waals surface area contributed by atoms with Crippen LogP contribution in [0.2, 0.25) is 0 Å². The molecular weight excluding hydrogens is 322 g/mol. The molecule has 0 spiro atoms. The largest absolute Gasteiger partial charge is 0.383 e. The van der Waals surface area contributed by atoms with Gasteiger partial charge in [-0.15, -0.1) is 0 Å². The van der Waals surface area contributed by atoms with Gasteiger partial charge < -0.3 is 14.5 Å². The van der Waals surface area contributed by atoms with E-state index >= 15 is 0 Å². The SMILES string of the molecule is COCCN1CCN(C(=O)Cc2ccsc2)Cc2ccc(C)nc21. The molecule has 1 aliphatic rings. The standard InChI is InChI=1S/C18H23N3O2S/c1-14-3-4-16-12-21(17(22)11-15-5-10-24-13-15)7-6-20(8-9-23-2)18(16)19-14/h3-5,10,13H,6-9,11-12H2,1-2H3. The second-order valence-corrected chi connectivity index (χ2v) is 6.82. The highest BCUT2D eigenvalue weighted by Crippen LogP contribution is 2.24. The molecule has 0 saturated carbocycles. The Labute approximate surface area is 146 Å². The number of thiophene rings is 1. The number of amides is 1. The summed E-state index contributed by atoms with van der Waals surface area (Å²) in [6.45, 7) is 5.54. The monoisotopic (exact) mass is 345 g/mol. The van der Waals surface area contributed by atoms with Gasteiger partial charge in [-0.05, 0) is 35.4 Å². The van der Waals surface area contributed by atoms with Gasteiger partial charge in [-0.2, -0.15) is 11.3 Å². The topological polar surface area (TPSA) is 45.7 Å². The molecule has 0 saturated heterocycles. The van der Waals surface area contributed by atoms with E-state index in [2.05, 4.69) is 11.0 Å². The van der Waals surface area contributed by atoms with Crippen LogP contribution in [-0.4, -0.2) is 49.1 Å². The minimum absolute atomic E-state index is 0.175. The lowest BCUT2D eigenvalue weighted by Gasteiger charge is -2.23. The number of aryl methyl sites for hydroxylation is 1. The highest BCUT2D eigenvalue weighted by Gasteiger charge is 2.24. The van der Waals surface area contributed by atoms with Gasteiger partial charge in [-0.1, -0.05) is 6.07 Å². The molecule has 0 aromatic carbocycles. The van der Waals surface area contributed by atoms with Crippen molar-refractivity contribution in [2.75, 3.05) is 38.3 Å². The number of carbonyl (C=O) groups is 1. The lowest BCUT2D eigenvalue weighted by Crippen LogP contribution is -2.37. The highest BCUT2D eigenvalue weighted by atomic mass is 32.1. The van der Waals surface area contributed by atoms with Crippen LogP contribution >= 0.6 is 11.3 Å². The molecule has 0 aliphatic carbocycles. The van der Waals surface area contributed by atoms with E-state index in [0.29, 0.717) is 26.1 Å². The minimum Gasteiger partial charge on any atom is -0.383 e. The van der Waals surface area contributed by atoms with E-state index in [1.807, 2.05) is 34.7 Å². The van der Waals surface area contributed by atoms with E-state index in [0.717, 1.165) is 35.7 Å². The number of hydrogen-bond donors (Lipinski definition) is 0. The summed E-state index contributed by atoms with van der Waals surface area (Å²) in [5.74, 6) is 1.16. The van der Waals surface area contributed by atoms with Crippen LogP contribution in [0.15, 0.2) is 29.0 Å². The third-order valence-corrected chi connectivity index (χ3v) is 4.98. The number of ether oxygens (including phenoxy) is 1. The Hall–Kier alpha value is -1.92. The Bertz CT molecular complexity index is 688. The van der Waals surface area contributed by atoms with Crippen molar-refractivity contribution >= 4 is 23.1 Å². The van der Waals surface area contributed by atoms with Gasteiger partial charge in [-0.3, -0.25) is 4.79 Å². The summed E-state index contributed by atoms with van der Waals surface area (Å²) in [6.07, 6.45) is 0.468. The van der Waals surface area contributed by atoms with Crippen molar-refractivity contribution in [3.8, 4) is 0 Å². The number of pyridine rings is 1. The first-order chi connectivity index (χ1) is 11.7. The Morgan fingerprint density at radius 1 is 1.33 bits per heavy atom. The van der Waals surface area contributed by atoms with Crippen molar-refractivity contribution in [3.63, 3.8) is 0 Å². The summed E-state index contributed by atoms with van der Waals surface area (Å²) in [5, 5.41) is 4.05. The Morgan fingerprint density at radius 2 is 2.21 bits per heavy atom. The lowest BCUT2D eigenvalue weighted by molar-refractivity contribution is -0.130. The molecule has 0 fully saturated rings. The quantitative estimate of drug-likeness (QED) is 0.835. The molecule has 128 valence electrons. The van der Waals surface area contributed by atoms with Gasteiger partial charge in [-0.25, -0.2) is 4.98 Å². The number of hydrogen-bond acceptors (Lipinski definition) is 5. The van der Waals surface area contributed by atoms with E-state index in [-0.39, 0.29) is 5.91 Å². The molecule has 24 heavy (non-hydrogen) atoms. The van der Waals surface area contributed by atoms with Gasteiger partial charge in [0.15, 0.2) is 0 Å². The van der Waals surface area contributed by atoms with Crippen LogP contribution in [0.5, 0.6) is 0 Å². The number of rotatable bonds is 5. The fraction of sp³-hybridized carbons (Fsp3) is 0.444. The number of fused-ring (bicyclic) bond motifs is 1. The second kappa shape index (κ2) is 7.77. The average molecular weight is 345 g/mol. The van der Waals surface area contributed by atoms with Crippen LogP contribution in [-0.2, 0) is 22.5 Å². The summed E-state index contributed by atoms with van der Waals surface area (Å²) in [5.41, 5.74) is 3.19. The molecule has 2 aromatic heterocycles. The van der Waals surface area contributed by atoms with Crippen molar-refractivity contribution in [2.45, 2.75) is 19.9 Å². The maximum absolute atomic E-state index is 12.7. The zero-order valence-electron chi connectivity index (χ0n) is 14.2. The van der Waals surface area contributed by atoms with E-state index in [4.69, 9.17) is 9.72 Å². The van der Waals surface area contributed by atoms with Gasteiger partial charge in [0, 0.05) is 44.5 Å². The Kier molecular flexibility index (Phi) is 5.48. The number of nitrogens with zero attached hydrogens (tertiary/aromatic N) is 3. The molecule has 1 amide bonds. The fourth-order valence-electron chi connectivity index (χ4n) is 2.91. The van der Waals surface area contributed by atoms with Crippen LogP contribution < -0.4 is 4.90 Å². The molecular formula is C18H23N3O2S. The molecule has 0 N–H and O–H groups in total. The maximum Gasteiger partial charge on any atom is 0.227 e. The van der Waals surface area contributed by atoms with Crippen molar-refractivity contribution in [2.24, 2.45) is 0 Å². The van der Waals surface area contributed by atoms with Crippen LogP contribution in [0.1, 0.15) is 16.8 Å². The second-order valence-electron chi connectivity index (χ2n) is 6.04. The third-order valence-electron chi connectivity index (χ3n) is 4.25. The molecule has 0 unspecified atom stereocenters. The van der Waals surface area contributed by atoms with Crippen molar-refractivity contribution < 1.29 is 9.53 Å². The van der Waals surface area contributed by atoms with Crippen molar-refractivity contribution in [1.29, 1.82) is 0 Å². The average Bonchev–Trinajstić information content (AvgIpc) is 3.01. The summed E-state index contributed by atoms with van der Waals surface area (Å²) in [7, 11) is 1.71. The molecule has 2 aromatic rings. The van der Waals surface area contributed by atoms with E-state index in [1.165, 1.54) is 0 Å². The number of methoxy groups -OCH3 is 1. The van der Waals surface area contributed by atoms with Gasteiger partial charge >= 0.3 is 0 Å². The van der Waals surface area contributed by atoms with Crippen LogP contribution in [0.25, 0.3) is 0 Å². The summed E-state index contributed by atoms with van der Waals surface area (Å²) in [6, 6.07) is 6.12. The fourth-order valence-corrected chi connectivity index (χ4v) is 3.58. The van der Waals surface area contributed by atoms with E-state index < -0.39 is 0 Å². The van der Waals surface area contributed by atoms with Gasteiger partial charge in [0.2, 0.25) is 5.91 Å². The van der Waals surface area contributed by atoms with Crippen LogP contribution in [0.4, 0.5) is 5.82 Å². The summed E-state index contributed by atoms with van der Waals surface area (Å²) >= 11 is 1.63. The first-order valence-corrected chi connectivity index (χ1v) is 9.11. The summed E-state index contributed by atoms with van der Waals surface area (Å²) in [4.78, 5) is 21.6. The first kappa shape index (κ1) is 16.9. The maximum atomic E-state index is 12.7. The Morgan fingerprint density at radius 3 is 2.96 bits per heavy atom. The molecule has 0 atom stereocenters. The molecule has 3 rings (SSSR count). The molecule has 0 bridgehead atoms. The predicted molar refractivity (Wildman–Crippen MR) is 96.5 cm³/mol. The molecule has 6 heteroatoms. The first-order valence-electron chi connectivity index (χ1n) is 8.16. The molecule has 5 nitrogen and oxygen atoms in total. The molecule has 3 heterocycles. The normalized spacial score (nSPS) is 14.4. The summed E-state index contributed by atoms with van der Waals surface area (Å²) < 4.78 is 5.23. The predicted octanol–water partition coefficient (Wildman–Crippen LogP) is 2.49. The lowest BCUT2D eigenvalue weighted by atomic mass is 10.2. The number of anilines is 1. The smallest absolute Gasteiger partial charge is 0.227 e. The van der Waals surface area contributed by atoms with Gasteiger partial charge in [0.1, 0.15) is 5.82 Å². The third kappa shape index (κ3) is 3.94. The number of aromatic nitrogens is 1. The van der Waals surface area contributed by atoms with Crippen LogP contribution in [0, 0.1) is 6.92 Å². The number of carbonyl (C=O) groups excluding carboxylic acids is 1. The Balaban J connectivity index is 1.79. The zero-order valence-corrected chi connectivity index (χ0v) is 15.0. The van der Waals surface area contributed by atoms with E-state index in [1.54, 1.807) is 18.4 Å². The molecule has 0 radical (unpaired) electrons. The van der Waals surface area contributed by atoms with Gasteiger partial charge in [0.25, 0.3) is 0 Å². The van der Waals surface area contributed by atoms with Crippen LogP contribution in [0.3, 0.4) is 0 Å². The zero-order chi connectivity index (χ0) is 16.9. The van der Waals surface area contributed by atoms with Crippen molar-refractivity contribution in [1.82, 2.24) is 9.88 Å². The van der Waals surface area contributed by atoms with Gasteiger partial charge in [0.05, 0.1) is 13.0 Å². The minimum atomic E-state index is 0.175. The van der Waals surface area contributed by atoms with Crippen molar-refractivity contribution in [3.05, 3.63) is 45.8 Å². The van der Waals surface area contributed by atoms with E-state index in [9.17, 15) is 4.79 Å².